The average molecular weight is 362 g/mol. The van der Waals surface area contributed by atoms with Gasteiger partial charge >= 0.3 is 5.63 Å². The first-order chi connectivity index (χ1) is 12.6. The summed E-state index contributed by atoms with van der Waals surface area (Å²) in [7, 11) is 3.21. The van der Waals surface area contributed by atoms with Crippen molar-refractivity contribution < 1.29 is 18.7 Å². The molecule has 0 saturated carbocycles. The molecule has 0 aliphatic carbocycles. The van der Waals surface area contributed by atoms with Crippen LogP contribution in [0.4, 0.5) is 0 Å². The van der Waals surface area contributed by atoms with Crippen LogP contribution in [0.3, 0.4) is 0 Å². The van der Waals surface area contributed by atoms with Crippen LogP contribution in [0.1, 0.15) is 17.5 Å². The highest BCUT2D eigenvalue weighted by atomic mass is 16.5. The van der Waals surface area contributed by atoms with Gasteiger partial charge in [0.25, 0.3) is 0 Å². The van der Waals surface area contributed by atoms with Crippen LogP contribution in [-0.4, -0.2) is 46.4 Å². The first kappa shape index (κ1) is 19.9. The van der Waals surface area contributed by atoms with Gasteiger partial charge in [0, 0.05) is 50.2 Å². The van der Waals surface area contributed by atoms with Crippen LogP contribution in [0.15, 0.2) is 27.4 Å². The van der Waals surface area contributed by atoms with Gasteiger partial charge in [0.15, 0.2) is 0 Å². The van der Waals surface area contributed by atoms with Crippen molar-refractivity contribution in [3.63, 3.8) is 0 Å². The minimum atomic E-state index is -0.405. The molecule has 1 aromatic heterocycles. The topological polar surface area (TPSA) is 89.8 Å². The fourth-order valence-electron chi connectivity index (χ4n) is 2.71. The maximum atomic E-state index is 12.3. The summed E-state index contributed by atoms with van der Waals surface area (Å²) in [5, 5.41) is 6.83. The number of carbonyl (C=O) groups excluding carboxylic acids is 1. The zero-order chi connectivity index (χ0) is 18.9. The number of benzene rings is 1. The largest absolute Gasteiger partial charge is 0.497 e. The van der Waals surface area contributed by atoms with E-state index in [4.69, 9.17) is 13.9 Å². The summed E-state index contributed by atoms with van der Waals surface area (Å²) < 4.78 is 15.5. The Labute approximate surface area is 152 Å². The zero-order valence-electron chi connectivity index (χ0n) is 15.5. The number of aryl methyl sites for hydroxylation is 1. The Morgan fingerprint density at radius 3 is 2.73 bits per heavy atom. The van der Waals surface area contributed by atoms with Crippen molar-refractivity contribution in [2.24, 2.45) is 0 Å². The monoisotopic (exact) mass is 362 g/mol. The van der Waals surface area contributed by atoms with Crippen molar-refractivity contribution in [3.05, 3.63) is 39.7 Å². The van der Waals surface area contributed by atoms with Crippen molar-refractivity contribution in [1.29, 1.82) is 0 Å². The molecule has 0 fully saturated rings. The summed E-state index contributed by atoms with van der Waals surface area (Å²) in [5.74, 6) is 0.540. The molecule has 2 aromatic rings. The number of rotatable bonds is 10. The molecule has 0 aliphatic rings. The summed E-state index contributed by atoms with van der Waals surface area (Å²) in [6.07, 6.45) is 0.588. The molecule has 0 aliphatic heterocycles. The molecule has 142 valence electrons. The van der Waals surface area contributed by atoms with E-state index in [1.165, 1.54) is 0 Å². The lowest BCUT2D eigenvalue weighted by molar-refractivity contribution is -0.121. The Hall–Kier alpha value is -2.38. The predicted octanol–water partition coefficient (Wildman–Crippen LogP) is 1.39. The van der Waals surface area contributed by atoms with Crippen LogP contribution in [-0.2, 0) is 16.0 Å². The second kappa shape index (κ2) is 9.94. The molecule has 7 heteroatoms. The molecular formula is C19H26N2O5. The smallest absolute Gasteiger partial charge is 0.339 e. The van der Waals surface area contributed by atoms with E-state index in [2.05, 4.69) is 10.6 Å². The Morgan fingerprint density at radius 2 is 2.00 bits per heavy atom. The summed E-state index contributed by atoms with van der Waals surface area (Å²) in [6, 6.07) is 5.38. The minimum Gasteiger partial charge on any atom is -0.497 e. The van der Waals surface area contributed by atoms with Crippen molar-refractivity contribution in [2.75, 3.05) is 40.5 Å². The highest BCUT2D eigenvalue weighted by molar-refractivity contribution is 5.82. The second-order valence-corrected chi connectivity index (χ2v) is 5.95. The van der Waals surface area contributed by atoms with Gasteiger partial charge in [-0.05, 0) is 31.0 Å². The maximum absolute atomic E-state index is 12.3. The van der Waals surface area contributed by atoms with E-state index in [-0.39, 0.29) is 12.3 Å². The van der Waals surface area contributed by atoms with Gasteiger partial charge in [-0.25, -0.2) is 4.79 Å². The lowest BCUT2D eigenvalue weighted by Gasteiger charge is -2.09. The molecule has 0 radical (unpaired) electrons. The van der Waals surface area contributed by atoms with Gasteiger partial charge in [-0.1, -0.05) is 0 Å². The molecular weight excluding hydrogens is 336 g/mol. The van der Waals surface area contributed by atoms with Crippen LogP contribution in [0.2, 0.25) is 0 Å². The maximum Gasteiger partial charge on any atom is 0.339 e. The van der Waals surface area contributed by atoms with Gasteiger partial charge < -0.3 is 24.5 Å². The summed E-state index contributed by atoms with van der Waals surface area (Å²) >= 11 is 0. The van der Waals surface area contributed by atoms with Gasteiger partial charge in [0.1, 0.15) is 11.3 Å². The van der Waals surface area contributed by atoms with Crippen LogP contribution < -0.4 is 21.0 Å². The summed E-state index contributed by atoms with van der Waals surface area (Å²) in [6.45, 7) is 4.46. The lowest BCUT2D eigenvalue weighted by atomic mass is 10.0. The molecule has 2 N–H and O–H groups in total. The highest BCUT2D eigenvalue weighted by Crippen LogP contribution is 2.24. The number of hydrogen-bond donors (Lipinski definition) is 2. The van der Waals surface area contributed by atoms with Gasteiger partial charge in [0.05, 0.1) is 13.7 Å². The predicted molar refractivity (Wildman–Crippen MR) is 99.8 cm³/mol. The molecule has 2 rings (SSSR count). The third kappa shape index (κ3) is 5.31. The van der Waals surface area contributed by atoms with Crippen LogP contribution in [0.25, 0.3) is 11.0 Å². The number of hydrogen-bond acceptors (Lipinski definition) is 6. The molecule has 0 atom stereocenters. The molecule has 0 spiro atoms. The lowest BCUT2D eigenvalue weighted by Crippen LogP contribution is -2.33. The standard InChI is InChI=1S/C19H26N2O5/c1-13-15-5-4-14(25-3)12-17(15)26-19(23)16(13)6-7-18(22)21-9-8-20-10-11-24-2/h4-5,12,20H,6-11H2,1-3H3,(H,21,22). The van der Waals surface area contributed by atoms with E-state index in [0.717, 1.165) is 17.5 Å². The summed E-state index contributed by atoms with van der Waals surface area (Å²) in [5.41, 5.74) is 1.46. The molecule has 7 nitrogen and oxygen atoms in total. The number of ether oxygens (including phenoxy) is 2. The van der Waals surface area contributed by atoms with Gasteiger partial charge in [0.2, 0.25) is 5.91 Å². The Morgan fingerprint density at radius 1 is 1.19 bits per heavy atom. The SMILES string of the molecule is COCCNCCNC(=O)CCc1c(C)c2ccc(OC)cc2oc1=O. The van der Waals surface area contributed by atoms with Gasteiger partial charge in [-0.3, -0.25) is 4.79 Å². The van der Waals surface area contributed by atoms with Gasteiger partial charge in [-0.2, -0.15) is 0 Å². The Kier molecular flexibility index (Phi) is 7.62. The molecule has 1 aromatic carbocycles. The normalized spacial score (nSPS) is 10.9. The molecule has 1 heterocycles. The highest BCUT2D eigenvalue weighted by Gasteiger charge is 2.13. The fourth-order valence-corrected chi connectivity index (χ4v) is 2.71. The molecule has 26 heavy (non-hydrogen) atoms. The zero-order valence-corrected chi connectivity index (χ0v) is 15.5. The van der Waals surface area contributed by atoms with Crippen molar-refractivity contribution in [1.82, 2.24) is 10.6 Å². The fraction of sp³-hybridized carbons (Fsp3) is 0.474. The molecule has 0 saturated heterocycles. The Balaban J connectivity index is 1.94. The van der Waals surface area contributed by atoms with E-state index >= 15 is 0 Å². The van der Waals surface area contributed by atoms with E-state index in [1.54, 1.807) is 20.3 Å². The first-order valence-corrected chi connectivity index (χ1v) is 8.63. The van der Waals surface area contributed by atoms with Crippen molar-refractivity contribution in [2.45, 2.75) is 19.8 Å². The number of fused-ring (bicyclic) bond motifs is 1. The first-order valence-electron chi connectivity index (χ1n) is 8.63. The van der Waals surface area contributed by atoms with E-state index in [9.17, 15) is 9.59 Å². The van der Waals surface area contributed by atoms with Crippen LogP contribution in [0, 0.1) is 6.92 Å². The minimum absolute atomic E-state index is 0.0906. The number of amides is 1. The van der Waals surface area contributed by atoms with E-state index in [0.29, 0.717) is 43.0 Å². The van der Waals surface area contributed by atoms with E-state index < -0.39 is 5.63 Å². The van der Waals surface area contributed by atoms with Crippen LogP contribution >= 0.6 is 0 Å². The number of carbonyl (C=O) groups is 1. The van der Waals surface area contributed by atoms with Crippen molar-refractivity contribution >= 4 is 16.9 Å². The van der Waals surface area contributed by atoms with Crippen LogP contribution in [0.5, 0.6) is 5.75 Å². The number of nitrogens with one attached hydrogen (secondary N) is 2. The quantitative estimate of drug-likeness (QED) is 0.490. The molecule has 0 bridgehead atoms. The molecule has 0 unspecified atom stereocenters. The third-order valence-corrected chi connectivity index (χ3v) is 4.20. The third-order valence-electron chi connectivity index (χ3n) is 4.20. The number of methoxy groups -OCH3 is 2. The van der Waals surface area contributed by atoms with Crippen molar-refractivity contribution in [3.8, 4) is 5.75 Å². The molecule has 1 amide bonds. The van der Waals surface area contributed by atoms with E-state index in [1.807, 2.05) is 19.1 Å². The second-order valence-electron chi connectivity index (χ2n) is 5.95. The average Bonchev–Trinajstić information content (AvgIpc) is 2.63. The Bertz CT molecular complexity index is 800. The summed E-state index contributed by atoms with van der Waals surface area (Å²) in [4.78, 5) is 24.2. The van der Waals surface area contributed by atoms with Gasteiger partial charge in [-0.15, -0.1) is 0 Å².